The SMILES string of the molecule is O=C(NCCc1cc(Cl)c2c(c1)OCCO2)N(Cc1cccs1)CC1CCCO1. The lowest BCUT2D eigenvalue weighted by Gasteiger charge is -2.25. The van der Waals surface area contributed by atoms with Crippen LogP contribution < -0.4 is 14.8 Å². The number of hydrogen-bond donors (Lipinski definition) is 1. The van der Waals surface area contributed by atoms with Gasteiger partial charge in [0.15, 0.2) is 11.5 Å². The Labute approximate surface area is 179 Å². The van der Waals surface area contributed by atoms with E-state index in [1.165, 1.54) is 0 Å². The van der Waals surface area contributed by atoms with E-state index < -0.39 is 0 Å². The Hall–Kier alpha value is -1.96. The van der Waals surface area contributed by atoms with Crippen LogP contribution in [0.25, 0.3) is 0 Å². The van der Waals surface area contributed by atoms with Gasteiger partial charge in [0.05, 0.1) is 17.7 Å². The summed E-state index contributed by atoms with van der Waals surface area (Å²) in [6, 6.07) is 7.79. The molecule has 0 radical (unpaired) electrons. The number of rotatable bonds is 7. The minimum Gasteiger partial charge on any atom is -0.486 e. The number of carbonyl (C=O) groups is 1. The number of ether oxygens (including phenoxy) is 3. The molecule has 156 valence electrons. The van der Waals surface area contributed by atoms with E-state index in [1.807, 2.05) is 28.5 Å². The monoisotopic (exact) mass is 436 g/mol. The molecule has 1 atom stereocenters. The summed E-state index contributed by atoms with van der Waals surface area (Å²) in [7, 11) is 0. The fourth-order valence-electron chi connectivity index (χ4n) is 3.58. The number of urea groups is 1. The van der Waals surface area contributed by atoms with Crippen LogP contribution >= 0.6 is 22.9 Å². The van der Waals surface area contributed by atoms with Gasteiger partial charge in [-0.2, -0.15) is 0 Å². The summed E-state index contributed by atoms with van der Waals surface area (Å²) in [5, 5.41) is 5.61. The van der Waals surface area contributed by atoms with Crippen LogP contribution in [0.2, 0.25) is 5.02 Å². The molecule has 2 aliphatic heterocycles. The van der Waals surface area contributed by atoms with Crippen molar-refractivity contribution in [1.82, 2.24) is 10.2 Å². The Morgan fingerprint density at radius 1 is 1.28 bits per heavy atom. The molecule has 1 fully saturated rings. The van der Waals surface area contributed by atoms with E-state index in [1.54, 1.807) is 11.3 Å². The number of benzene rings is 1. The van der Waals surface area contributed by atoms with Crippen LogP contribution in [0.1, 0.15) is 23.3 Å². The zero-order chi connectivity index (χ0) is 20.1. The van der Waals surface area contributed by atoms with Gasteiger partial charge in [0.25, 0.3) is 0 Å². The average Bonchev–Trinajstić information content (AvgIpc) is 3.42. The highest BCUT2D eigenvalue weighted by Crippen LogP contribution is 2.38. The van der Waals surface area contributed by atoms with Gasteiger partial charge in [-0.15, -0.1) is 11.3 Å². The largest absolute Gasteiger partial charge is 0.486 e. The number of halogens is 1. The standard InChI is InChI=1S/C21H25ClN2O4S/c22-18-11-15(12-19-20(18)28-9-8-27-19)5-6-23-21(25)24(13-16-3-1-7-26-16)14-17-4-2-10-29-17/h2,4,10-12,16H,1,3,5-9,13-14H2,(H,23,25). The van der Waals surface area contributed by atoms with Crippen molar-refractivity contribution in [2.45, 2.75) is 31.9 Å². The molecule has 2 aliphatic rings. The van der Waals surface area contributed by atoms with Gasteiger partial charge in [0.2, 0.25) is 0 Å². The summed E-state index contributed by atoms with van der Waals surface area (Å²) in [5.74, 6) is 1.27. The van der Waals surface area contributed by atoms with Gasteiger partial charge in [-0.1, -0.05) is 17.7 Å². The first kappa shape index (κ1) is 20.3. The van der Waals surface area contributed by atoms with Crippen LogP contribution in [0.5, 0.6) is 11.5 Å². The highest BCUT2D eigenvalue weighted by atomic mass is 35.5. The van der Waals surface area contributed by atoms with Crippen LogP contribution in [0.3, 0.4) is 0 Å². The van der Waals surface area contributed by atoms with Gasteiger partial charge >= 0.3 is 6.03 Å². The molecule has 1 aromatic carbocycles. The normalized spacial score (nSPS) is 17.9. The zero-order valence-corrected chi connectivity index (χ0v) is 17.8. The number of nitrogens with one attached hydrogen (secondary N) is 1. The van der Waals surface area contributed by atoms with Crippen LogP contribution in [-0.4, -0.2) is 49.9 Å². The number of amides is 2. The molecule has 0 saturated carbocycles. The van der Waals surface area contributed by atoms with E-state index in [-0.39, 0.29) is 12.1 Å². The number of carbonyl (C=O) groups excluding carboxylic acids is 1. The lowest BCUT2D eigenvalue weighted by molar-refractivity contribution is 0.0798. The van der Waals surface area contributed by atoms with E-state index in [2.05, 4.69) is 11.4 Å². The van der Waals surface area contributed by atoms with Crippen molar-refractivity contribution >= 4 is 29.0 Å². The molecule has 0 spiro atoms. The van der Waals surface area contributed by atoms with Gasteiger partial charge in [-0.25, -0.2) is 4.79 Å². The Balaban J connectivity index is 1.34. The van der Waals surface area contributed by atoms with E-state index >= 15 is 0 Å². The molecule has 0 aliphatic carbocycles. The zero-order valence-electron chi connectivity index (χ0n) is 16.2. The van der Waals surface area contributed by atoms with Gasteiger partial charge in [0, 0.05) is 24.6 Å². The second kappa shape index (κ2) is 9.69. The lowest BCUT2D eigenvalue weighted by atomic mass is 10.1. The molecule has 4 rings (SSSR count). The minimum atomic E-state index is -0.0717. The van der Waals surface area contributed by atoms with Gasteiger partial charge in [-0.3, -0.25) is 0 Å². The van der Waals surface area contributed by atoms with Gasteiger partial charge in [-0.05, 0) is 48.4 Å². The summed E-state index contributed by atoms with van der Waals surface area (Å²) >= 11 is 7.96. The van der Waals surface area contributed by atoms with Crippen molar-refractivity contribution in [2.24, 2.45) is 0 Å². The topological polar surface area (TPSA) is 60.0 Å². The smallest absolute Gasteiger partial charge is 0.317 e. The van der Waals surface area contributed by atoms with Crippen molar-refractivity contribution < 1.29 is 19.0 Å². The van der Waals surface area contributed by atoms with E-state index in [0.717, 1.165) is 29.9 Å². The molecular weight excluding hydrogens is 412 g/mol. The molecule has 2 amide bonds. The summed E-state index contributed by atoms with van der Waals surface area (Å²) < 4.78 is 16.9. The molecule has 3 heterocycles. The fraction of sp³-hybridized carbons (Fsp3) is 0.476. The van der Waals surface area contributed by atoms with Crippen LogP contribution in [0.15, 0.2) is 29.6 Å². The maximum Gasteiger partial charge on any atom is 0.317 e. The van der Waals surface area contributed by atoms with Crippen molar-refractivity contribution in [3.8, 4) is 11.5 Å². The molecular formula is C21H25ClN2O4S. The van der Waals surface area contributed by atoms with Gasteiger partial charge in [0.1, 0.15) is 13.2 Å². The Kier molecular flexibility index (Phi) is 6.79. The molecule has 6 nitrogen and oxygen atoms in total. The molecule has 8 heteroatoms. The molecule has 0 bridgehead atoms. The summed E-state index contributed by atoms with van der Waals surface area (Å²) in [4.78, 5) is 15.8. The first-order valence-electron chi connectivity index (χ1n) is 9.94. The van der Waals surface area contributed by atoms with Crippen LogP contribution in [-0.2, 0) is 17.7 Å². The highest BCUT2D eigenvalue weighted by molar-refractivity contribution is 7.09. The molecule has 1 saturated heterocycles. The van der Waals surface area contributed by atoms with Crippen molar-refractivity contribution in [2.75, 3.05) is 32.9 Å². The summed E-state index contributed by atoms with van der Waals surface area (Å²) in [5.41, 5.74) is 1.00. The lowest BCUT2D eigenvalue weighted by Crippen LogP contribution is -2.43. The number of hydrogen-bond acceptors (Lipinski definition) is 5. The highest BCUT2D eigenvalue weighted by Gasteiger charge is 2.23. The third kappa shape index (κ3) is 5.35. The first-order chi connectivity index (χ1) is 14.2. The third-order valence-electron chi connectivity index (χ3n) is 5.01. The second-order valence-electron chi connectivity index (χ2n) is 7.18. The molecule has 2 aromatic rings. The van der Waals surface area contributed by atoms with E-state index in [0.29, 0.717) is 55.8 Å². The number of fused-ring (bicyclic) bond motifs is 1. The Bertz CT molecular complexity index is 824. The summed E-state index contributed by atoms with van der Waals surface area (Å²) in [6.07, 6.45) is 2.85. The predicted molar refractivity (Wildman–Crippen MR) is 113 cm³/mol. The molecule has 1 unspecified atom stereocenters. The second-order valence-corrected chi connectivity index (χ2v) is 8.62. The van der Waals surface area contributed by atoms with Crippen molar-refractivity contribution in [1.29, 1.82) is 0 Å². The first-order valence-corrected chi connectivity index (χ1v) is 11.2. The number of nitrogens with zero attached hydrogens (tertiary/aromatic N) is 1. The maximum absolute atomic E-state index is 12.8. The van der Waals surface area contributed by atoms with Crippen molar-refractivity contribution in [3.63, 3.8) is 0 Å². The summed E-state index contributed by atoms with van der Waals surface area (Å²) in [6.45, 7) is 3.53. The van der Waals surface area contributed by atoms with Crippen LogP contribution in [0, 0.1) is 0 Å². The fourth-order valence-corrected chi connectivity index (χ4v) is 4.59. The minimum absolute atomic E-state index is 0.0717. The van der Waals surface area contributed by atoms with E-state index in [9.17, 15) is 4.79 Å². The van der Waals surface area contributed by atoms with E-state index in [4.69, 9.17) is 25.8 Å². The number of thiophene rings is 1. The molecule has 1 aromatic heterocycles. The Morgan fingerprint density at radius 3 is 2.97 bits per heavy atom. The van der Waals surface area contributed by atoms with Crippen LogP contribution in [0.4, 0.5) is 4.79 Å². The molecule has 29 heavy (non-hydrogen) atoms. The maximum atomic E-state index is 12.8. The predicted octanol–water partition coefficient (Wildman–Crippen LogP) is 4.11. The van der Waals surface area contributed by atoms with Gasteiger partial charge < -0.3 is 24.4 Å². The quantitative estimate of drug-likeness (QED) is 0.709. The van der Waals surface area contributed by atoms with Crippen molar-refractivity contribution in [3.05, 3.63) is 45.1 Å². The average molecular weight is 437 g/mol. The molecule has 1 N–H and O–H groups in total. The Morgan fingerprint density at radius 2 is 2.17 bits per heavy atom. The third-order valence-corrected chi connectivity index (χ3v) is 6.15.